The predicted octanol–water partition coefficient (Wildman–Crippen LogP) is 1.05. The Morgan fingerprint density at radius 3 is 1.89 bits per heavy atom. The fourth-order valence-electron chi connectivity index (χ4n) is 1.49. The van der Waals surface area contributed by atoms with Crippen LogP contribution in [0.5, 0.6) is 0 Å². The minimum Gasteiger partial charge on any atom is -0.351 e. The van der Waals surface area contributed by atoms with E-state index in [1.54, 1.807) is 4.90 Å². The van der Waals surface area contributed by atoms with E-state index in [1.807, 2.05) is 24.3 Å². The summed E-state index contributed by atoms with van der Waals surface area (Å²) >= 11 is 0. The first-order valence-corrected chi connectivity index (χ1v) is 4.99. The monoisotopic (exact) mass is 262 g/mol. The number of benzene rings is 1. The molecular weight excluding hydrogens is 249 g/mol. The van der Waals surface area contributed by atoms with Crippen LogP contribution in [-0.4, -0.2) is 17.2 Å². The van der Waals surface area contributed by atoms with Gasteiger partial charge in [-0.15, -0.1) is 0 Å². The van der Waals surface area contributed by atoms with Crippen molar-refractivity contribution >= 4 is 6.03 Å². The molecule has 0 bridgehead atoms. The van der Waals surface area contributed by atoms with Crippen molar-refractivity contribution in [2.75, 3.05) is 0 Å². The minimum atomic E-state index is -4.43. The van der Waals surface area contributed by atoms with Gasteiger partial charge in [0, 0.05) is 13.1 Å². The fourth-order valence-corrected chi connectivity index (χ4v) is 1.49. The zero-order chi connectivity index (χ0) is 13.8. The maximum Gasteiger partial charge on any atom is 0.470 e. The minimum absolute atomic E-state index is 0.341. The molecule has 0 fully saturated rings. The number of halogens is 3. The van der Waals surface area contributed by atoms with E-state index in [0.29, 0.717) is 18.5 Å². The van der Waals surface area contributed by atoms with Gasteiger partial charge in [0.1, 0.15) is 0 Å². The van der Waals surface area contributed by atoms with Gasteiger partial charge in [-0.05, 0) is 11.1 Å². The van der Waals surface area contributed by atoms with Gasteiger partial charge in [-0.2, -0.15) is 18.6 Å². The van der Waals surface area contributed by atoms with E-state index in [2.05, 4.69) is 5.84 Å². The molecule has 8 heteroatoms. The van der Waals surface area contributed by atoms with Crippen molar-refractivity contribution < 1.29 is 18.0 Å². The van der Waals surface area contributed by atoms with Crippen LogP contribution in [0.4, 0.5) is 18.0 Å². The van der Waals surface area contributed by atoms with Crippen LogP contribution in [0.3, 0.4) is 0 Å². The predicted molar refractivity (Wildman–Crippen MR) is 58.7 cm³/mol. The Kier molecular flexibility index (Phi) is 4.51. The van der Waals surface area contributed by atoms with Gasteiger partial charge in [0.15, 0.2) is 0 Å². The molecule has 5 nitrogen and oxygen atoms in total. The molecule has 18 heavy (non-hydrogen) atoms. The maximum absolute atomic E-state index is 10.8. The molecule has 0 saturated carbocycles. The number of nitrogens with zero attached hydrogens (tertiary/aromatic N) is 1. The third-order valence-corrected chi connectivity index (χ3v) is 2.32. The molecule has 100 valence electrons. The SMILES string of the molecule is NC(=O)N1Cc2ccccc2C1.NNC(F)(F)F. The number of urea groups is 1. The Labute approximate surface area is 102 Å². The van der Waals surface area contributed by atoms with Crippen molar-refractivity contribution in [2.24, 2.45) is 11.6 Å². The molecule has 0 unspecified atom stereocenters. The average molecular weight is 262 g/mol. The normalized spacial score (nSPS) is 13.7. The number of amides is 2. The highest BCUT2D eigenvalue weighted by Crippen LogP contribution is 2.21. The molecule has 0 spiro atoms. The zero-order valence-corrected chi connectivity index (χ0v) is 9.37. The molecule has 0 saturated heterocycles. The number of nitrogens with two attached hydrogens (primary N) is 2. The van der Waals surface area contributed by atoms with Gasteiger partial charge in [-0.25, -0.2) is 4.79 Å². The molecule has 1 aromatic rings. The third-order valence-electron chi connectivity index (χ3n) is 2.32. The lowest BCUT2D eigenvalue weighted by atomic mass is 10.1. The molecule has 2 rings (SSSR count). The van der Waals surface area contributed by atoms with Crippen LogP contribution in [0.2, 0.25) is 0 Å². The summed E-state index contributed by atoms with van der Waals surface area (Å²) in [5.41, 5.74) is 8.18. The zero-order valence-electron chi connectivity index (χ0n) is 9.37. The molecule has 1 aliphatic rings. The molecule has 0 radical (unpaired) electrons. The number of hydrogen-bond donors (Lipinski definition) is 3. The Morgan fingerprint density at radius 2 is 1.61 bits per heavy atom. The van der Waals surface area contributed by atoms with Crippen LogP contribution in [0.15, 0.2) is 24.3 Å². The lowest BCUT2D eigenvalue weighted by Crippen LogP contribution is -2.37. The van der Waals surface area contributed by atoms with Gasteiger partial charge in [0.2, 0.25) is 0 Å². The number of alkyl halides is 3. The molecule has 1 aliphatic heterocycles. The molecule has 5 N–H and O–H groups in total. The first-order chi connectivity index (χ1) is 8.33. The van der Waals surface area contributed by atoms with Crippen LogP contribution in [0, 0.1) is 0 Å². The van der Waals surface area contributed by atoms with Gasteiger partial charge in [0.05, 0.1) is 0 Å². The summed E-state index contributed by atoms with van der Waals surface area (Å²) in [5, 5.41) is 0. The number of hydrazine groups is 1. The summed E-state index contributed by atoms with van der Waals surface area (Å²) in [4.78, 5) is 12.4. The summed E-state index contributed by atoms with van der Waals surface area (Å²) in [6, 6.07) is 7.66. The van der Waals surface area contributed by atoms with Gasteiger partial charge < -0.3 is 10.6 Å². The quantitative estimate of drug-likeness (QED) is 0.371. The summed E-state index contributed by atoms with van der Waals surface area (Å²) < 4.78 is 31.6. The van der Waals surface area contributed by atoms with Crippen molar-refractivity contribution in [1.82, 2.24) is 10.3 Å². The second kappa shape index (κ2) is 5.69. The van der Waals surface area contributed by atoms with Gasteiger partial charge in [-0.3, -0.25) is 5.84 Å². The molecule has 2 amide bonds. The van der Waals surface area contributed by atoms with Crippen LogP contribution >= 0.6 is 0 Å². The highest BCUT2D eigenvalue weighted by molar-refractivity contribution is 5.72. The largest absolute Gasteiger partial charge is 0.470 e. The number of rotatable bonds is 0. The molecule has 0 aromatic heterocycles. The lowest BCUT2D eigenvalue weighted by Gasteiger charge is -2.10. The van der Waals surface area contributed by atoms with E-state index in [9.17, 15) is 18.0 Å². The van der Waals surface area contributed by atoms with Gasteiger partial charge >= 0.3 is 12.3 Å². The number of carbonyl (C=O) groups is 1. The standard InChI is InChI=1S/C9H10N2O.CH3F3N2/c10-9(12)11-5-7-3-1-2-4-8(7)6-11;2-1(3,4)6-5/h1-4H,5-6H2,(H2,10,12);6H,5H2. The second-order valence-corrected chi connectivity index (χ2v) is 3.61. The van der Waals surface area contributed by atoms with E-state index in [-0.39, 0.29) is 6.03 Å². The third kappa shape index (κ3) is 4.22. The summed E-state index contributed by atoms with van der Waals surface area (Å²) in [7, 11) is 0. The molecule has 1 heterocycles. The molecule has 1 aromatic carbocycles. The number of fused-ring (bicyclic) bond motifs is 1. The number of carbonyl (C=O) groups excluding carboxylic acids is 1. The van der Waals surface area contributed by atoms with Crippen LogP contribution in [0.1, 0.15) is 11.1 Å². The first-order valence-electron chi connectivity index (χ1n) is 4.99. The van der Waals surface area contributed by atoms with Crippen molar-refractivity contribution in [1.29, 1.82) is 0 Å². The van der Waals surface area contributed by atoms with E-state index in [0.717, 1.165) is 0 Å². The Balaban J connectivity index is 0.000000232. The first kappa shape index (κ1) is 14.3. The van der Waals surface area contributed by atoms with Crippen molar-refractivity contribution in [3.05, 3.63) is 35.4 Å². The lowest BCUT2D eigenvalue weighted by molar-refractivity contribution is -0.157. The van der Waals surface area contributed by atoms with Crippen LogP contribution in [0.25, 0.3) is 0 Å². The van der Waals surface area contributed by atoms with Crippen molar-refractivity contribution in [2.45, 2.75) is 19.4 Å². The van der Waals surface area contributed by atoms with Crippen LogP contribution < -0.4 is 17.0 Å². The average Bonchev–Trinajstić information content (AvgIpc) is 2.72. The number of primary amides is 1. The highest BCUT2D eigenvalue weighted by Gasteiger charge is 2.23. The second-order valence-electron chi connectivity index (χ2n) is 3.61. The van der Waals surface area contributed by atoms with Crippen molar-refractivity contribution in [3.8, 4) is 0 Å². The van der Waals surface area contributed by atoms with Crippen LogP contribution in [-0.2, 0) is 13.1 Å². The van der Waals surface area contributed by atoms with Gasteiger partial charge in [-0.1, -0.05) is 24.3 Å². The number of nitrogens with one attached hydrogen (secondary N) is 1. The topological polar surface area (TPSA) is 84.4 Å². The summed E-state index contributed by atoms with van der Waals surface area (Å²) in [6.45, 7) is 1.32. The summed E-state index contributed by atoms with van der Waals surface area (Å²) in [5.74, 6) is 3.93. The fraction of sp³-hybridized carbons (Fsp3) is 0.300. The summed E-state index contributed by atoms with van der Waals surface area (Å²) in [6.07, 6.45) is -4.43. The molecule has 0 atom stereocenters. The number of hydrogen-bond acceptors (Lipinski definition) is 3. The highest BCUT2D eigenvalue weighted by atomic mass is 19.4. The molecular formula is C10H13F3N4O. The smallest absolute Gasteiger partial charge is 0.351 e. The Morgan fingerprint density at radius 1 is 1.22 bits per heavy atom. The molecule has 0 aliphatic carbocycles. The van der Waals surface area contributed by atoms with Gasteiger partial charge in [0.25, 0.3) is 0 Å². The van der Waals surface area contributed by atoms with Crippen molar-refractivity contribution in [3.63, 3.8) is 0 Å². The van der Waals surface area contributed by atoms with E-state index >= 15 is 0 Å². The Hall–Kier alpha value is -1.80. The van der Waals surface area contributed by atoms with E-state index < -0.39 is 6.30 Å². The van der Waals surface area contributed by atoms with E-state index in [4.69, 9.17) is 5.73 Å². The Bertz CT molecular complexity index is 397. The van der Waals surface area contributed by atoms with E-state index in [1.165, 1.54) is 11.1 Å². The maximum atomic E-state index is 10.8.